The highest BCUT2D eigenvalue weighted by Gasteiger charge is 2.42. The number of hydrogen-bond acceptors (Lipinski definition) is 6. The van der Waals surface area contributed by atoms with Crippen molar-refractivity contribution in [3.8, 4) is 0 Å². The van der Waals surface area contributed by atoms with Crippen molar-refractivity contribution >= 4 is 12.0 Å². The van der Waals surface area contributed by atoms with E-state index in [0.717, 1.165) is 12.1 Å². The van der Waals surface area contributed by atoms with Crippen molar-refractivity contribution in [2.24, 2.45) is 0 Å². The first-order chi connectivity index (χ1) is 16.0. The van der Waals surface area contributed by atoms with Gasteiger partial charge in [-0.2, -0.15) is 0 Å². The Bertz CT molecular complexity index is 867. The fourth-order valence-corrected chi connectivity index (χ4v) is 3.62. The van der Waals surface area contributed by atoms with Crippen molar-refractivity contribution in [1.82, 2.24) is 10.2 Å². The third kappa shape index (κ3) is 9.65. The van der Waals surface area contributed by atoms with E-state index < -0.39 is 59.4 Å². The monoisotopic (exact) mass is 504 g/mol. The maximum absolute atomic E-state index is 13.9. The van der Waals surface area contributed by atoms with E-state index in [0.29, 0.717) is 6.07 Å². The Morgan fingerprint density at radius 1 is 1.20 bits per heavy atom. The van der Waals surface area contributed by atoms with E-state index in [2.05, 4.69) is 5.32 Å². The van der Waals surface area contributed by atoms with Crippen molar-refractivity contribution < 1.29 is 42.1 Å². The zero-order valence-corrected chi connectivity index (χ0v) is 20.9. The van der Waals surface area contributed by atoms with Gasteiger partial charge < -0.3 is 24.6 Å². The van der Waals surface area contributed by atoms with E-state index >= 15 is 0 Å². The molecule has 1 heterocycles. The van der Waals surface area contributed by atoms with Crippen LogP contribution in [0.2, 0.25) is 0 Å². The number of morpholine rings is 1. The molecule has 2 N–H and O–H groups in total. The second-order valence-corrected chi connectivity index (χ2v) is 10.3. The van der Waals surface area contributed by atoms with Gasteiger partial charge in [0.2, 0.25) is 5.91 Å². The lowest BCUT2D eigenvalue weighted by Crippen LogP contribution is -2.62. The Labute approximate surface area is 203 Å². The lowest BCUT2D eigenvalue weighted by atomic mass is 9.95. The quantitative estimate of drug-likeness (QED) is 0.565. The third-order valence-corrected chi connectivity index (χ3v) is 5.01. The minimum Gasteiger partial charge on any atom is -0.444 e. The lowest BCUT2D eigenvalue weighted by molar-refractivity contribution is -0.212. The summed E-state index contributed by atoms with van der Waals surface area (Å²) in [6, 6.07) is 0.880. The number of hydrogen-bond donors (Lipinski definition) is 2. The average molecular weight is 505 g/mol. The predicted octanol–water partition coefficient (Wildman–Crippen LogP) is 3.10. The molecule has 4 atom stereocenters. The lowest BCUT2D eigenvalue weighted by Gasteiger charge is -2.43. The highest BCUT2D eigenvalue weighted by molar-refractivity contribution is 5.73. The van der Waals surface area contributed by atoms with Gasteiger partial charge in [-0.1, -0.05) is 0 Å². The first-order valence-corrected chi connectivity index (χ1v) is 11.4. The second kappa shape index (κ2) is 11.6. The molecule has 1 aromatic rings. The number of ether oxygens (including phenoxy) is 3. The molecule has 1 aliphatic heterocycles. The largest absolute Gasteiger partial charge is 0.444 e. The van der Waals surface area contributed by atoms with Crippen LogP contribution in [-0.4, -0.2) is 77.5 Å². The summed E-state index contributed by atoms with van der Waals surface area (Å²) in [6.07, 6.45) is -3.27. The smallest absolute Gasteiger partial charge is 0.410 e. The summed E-state index contributed by atoms with van der Waals surface area (Å²) in [5.74, 6) is -2.09. The number of rotatable bonds is 8. The molecule has 11 heteroatoms. The number of nitrogens with one attached hydrogen (secondary N) is 1. The van der Waals surface area contributed by atoms with E-state index in [1.165, 1.54) is 25.7 Å². The standard InChI is InChI=1S/C24H35F3N2O6/c1-14(30)28-18(9-15-7-16(25)10-17(26)8-15)21(31)19-12-33-20(34-13-24(5,6)27)11-29(19)22(32)35-23(2,3)4/h7-8,10,18-21,31H,9,11-13H2,1-6H3,(H,28,30). The minimum atomic E-state index is -1.63. The van der Waals surface area contributed by atoms with Crippen molar-refractivity contribution in [3.05, 3.63) is 35.4 Å². The molecule has 1 aromatic carbocycles. The molecule has 0 aromatic heterocycles. The zero-order chi connectivity index (χ0) is 26.6. The molecule has 1 saturated heterocycles. The van der Waals surface area contributed by atoms with Crippen LogP contribution in [0.25, 0.3) is 0 Å². The molecule has 1 aliphatic rings. The topological polar surface area (TPSA) is 97.3 Å². The summed E-state index contributed by atoms with van der Waals surface area (Å²) in [5.41, 5.74) is -2.28. The van der Waals surface area contributed by atoms with Crippen LogP contribution in [0.15, 0.2) is 18.2 Å². The zero-order valence-electron chi connectivity index (χ0n) is 20.9. The van der Waals surface area contributed by atoms with E-state index in [9.17, 15) is 27.9 Å². The number of carbonyl (C=O) groups excluding carboxylic acids is 2. The van der Waals surface area contributed by atoms with Gasteiger partial charge in [-0.05, 0) is 58.7 Å². The summed E-state index contributed by atoms with van der Waals surface area (Å²) in [6.45, 7) is 8.26. The van der Waals surface area contributed by atoms with Gasteiger partial charge in [-0.15, -0.1) is 0 Å². The number of amides is 2. The Morgan fingerprint density at radius 2 is 1.80 bits per heavy atom. The van der Waals surface area contributed by atoms with Crippen molar-refractivity contribution in [3.63, 3.8) is 0 Å². The molecule has 198 valence electrons. The average Bonchev–Trinajstić information content (AvgIpc) is 2.68. The molecule has 0 spiro atoms. The Hall–Kier alpha value is -2.37. The molecule has 2 amide bonds. The van der Waals surface area contributed by atoms with Crippen LogP contribution in [0.5, 0.6) is 0 Å². The predicted molar refractivity (Wildman–Crippen MR) is 121 cm³/mol. The number of benzene rings is 1. The van der Waals surface area contributed by atoms with Gasteiger partial charge in [0, 0.05) is 13.0 Å². The van der Waals surface area contributed by atoms with Crippen molar-refractivity contribution in [1.29, 1.82) is 0 Å². The Balaban J connectivity index is 2.29. The van der Waals surface area contributed by atoms with Crippen molar-refractivity contribution in [2.45, 2.75) is 83.7 Å². The fourth-order valence-electron chi connectivity index (χ4n) is 3.62. The van der Waals surface area contributed by atoms with Crippen LogP contribution in [-0.2, 0) is 25.4 Å². The number of carbonyl (C=O) groups is 2. The Kier molecular flexibility index (Phi) is 9.55. The van der Waals surface area contributed by atoms with Crippen LogP contribution in [0, 0.1) is 11.6 Å². The summed E-state index contributed by atoms with van der Waals surface area (Å²) in [7, 11) is 0. The van der Waals surface area contributed by atoms with E-state index in [4.69, 9.17) is 14.2 Å². The first kappa shape index (κ1) is 28.9. The van der Waals surface area contributed by atoms with Crippen molar-refractivity contribution in [2.75, 3.05) is 19.8 Å². The summed E-state index contributed by atoms with van der Waals surface area (Å²) < 4.78 is 57.9. The summed E-state index contributed by atoms with van der Waals surface area (Å²) in [5, 5.41) is 13.8. The molecule has 0 saturated carbocycles. The fraction of sp³-hybridized carbons (Fsp3) is 0.667. The van der Waals surface area contributed by atoms with Crippen LogP contribution in [0.1, 0.15) is 47.1 Å². The summed E-state index contributed by atoms with van der Waals surface area (Å²) >= 11 is 0. The minimum absolute atomic E-state index is 0.121. The molecule has 0 bridgehead atoms. The van der Waals surface area contributed by atoms with E-state index in [1.807, 2.05) is 0 Å². The Morgan fingerprint density at radius 3 is 2.31 bits per heavy atom. The molecule has 8 nitrogen and oxygen atoms in total. The molecular formula is C24H35F3N2O6. The van der Waals surface area contributed by atoms with Crippen LogP contribution in [0.3, 0.4) is 0 Å². The molecule has 1 fully saturated rings. The van der Waals surface area contributed by atoms with Crippen LogP contribution >= 0.6 is 0 Å². The third-order valence-electron chi connectivity index (χ3n) is 5.01. The van der Waals surface area contributed by atoms with Gasteiger partial charge in [0.25, 0.3) is 0 Å². The van der Waals surface area contributed by atoms with E-state index in [-0.39, 0.29) is 31.7 Å². The number of halogens is 3. The maximum atomic E-state index is 13.9. The van der Waals surface area contributed by atoms with Gasteiger partial charge >= 0.3 is 6.09 Å². The second-order valence-electron chi connectivity index (χ2n) is 10.3. The molecule has 35 heavy (non-hydrogen) atoms. The molecule has 0 aliphatic carbocycles. The number of alkyl halides is 1. The van der Waals surface area contributed by atoms with Crippen LogP contribution in [0.4, 0.5) is 18.0 Å². The molecular weight excluding hydrogens is 469 g/mol. The normalized spacial score (nSPS) is 20.8. The highest BCUT2D eigenvalue weighted by Crippen LogP contribution is 2.24. The maximum Gasteiger partial charge on any atom is 0.410 e. The molecule has 2 rings (SSSR count). The SMILES string of the molecule is CC(=O)NC(Cc1cc(F)cc(F)c1)C(O)C1COC(OCC(C)(C)F)CN1C(=O)OC(C)(C)C. The first-order valence-electron chi connectivity index (χ1n) is 11.4. The van der Waals surface area contributed by atoms with Gasteiger partial charge in [0.05, 0.1) is 37.9 Å². The summed E-state index contributed by atoms with van der Waals surface area (Å²) in [4.78, 5) is 26.0. The number of aliphatic hydroxyl groups excluding tert-OH is 1. The number of nitrogens with zero attached hydrogens (tertiary/aromatic N) is 1. The molecule has 0 radical (unpaired) electrons. The highest BCUT2D eigenvalue weighted by atomic mass is 19.1. The van der Waals surface area contributed by atoms with Gasteiger partial charge in [-0.25, -0.2) is 18.0 Å². The van der Waals surface area contributed by atoms with Gasteiger partial charge in [0.1, 0.15) is 22.9 Å². The molecule has 4 unspecified atom stereocenters. The number of aliphatic hydroxyl groups is 1. The van der Waals surface area contributed by atoms with E-state index in [1.54, 1.807) is 20.8 Å². The van der Waals surface area contributed by atoms with Gasteiger partial charge in [-0.3, -0.25) is 9.69 Å². The van der Waals surface area contributed by atoms with Crippen LogP contribution < -0.4 is 5.32 Å². The van der Waals surface area contributed by atoms with Gasteiger partial charge in [0.15, 0.2) is 6.29 Å².